The summed E-state index contributed by atoms with van der Waals surface area (Å²) in [4.78, 5) is 14.2. The molecule has 0 radical (unpaired) electrons. The van der Waals surface area contributed by atoms with Crippen molar-refractivity contribution in [2.45, 2.75) is 32.8 Å². The molecule has 1 heterocycles. The number of carbonyl (C=O) groups excluding carboxylic acids is 1. The second-order valence-electron chi connectivity index (χ2n) is 5.22. The van der Waals surface area contributed by atoms with E-state index in [4.69, 9.17) is 4.74 Å². The van der Waals surface area contributed by atoms with Crippen LogP contribution in [-0.2, 0) is 4.79 Å². The van der Waals surface area contributed by atoms with Crippen LogP contribution in [0.15, 0.2) is 28.7 Å². The lowest BCUT2D eigenvalue weighted by Crippen LogP contribution is -2.44. The van der Waals surface area contributed by atoms with Gasteiger partial charge in [-0.25, -0.2) is 0 Å². The summed E-state index contributed by atoms with van der Waals surface area (Å²) < 4.78 is 6.70. The summed E-state index contributed by atoms with van der Waals surface area (Å²) >= 11 is 3.38. The van der Waals surface area contributed by atoms with Gasteiger partial charge in [-0.05, 0) is 49.9 Å². The molecule has 0 aromatic heterocycles. The van der Waals surface area contributed by atoms with Crippen molar-refractivity contribution < 1.29 is 9.53 Å². The number of carbonyl (C=O) groups is 1. The number of halogens is 1. The standard InChI is InChI=1S/C15H20BrNO2/c1-11-7-9-17(10-8-11)15(18)12(2)19-14-5-3-13(16)4-6-14/h3-6,11-12H,7-10H2,1-2H3/t12-/m0/s1. The highest BCUT2D eigenvalue weighted by Gasteiger charge is 2.25. The number of hydrogen-bond donors (Lipinski definition) is 0. The zero-order valence-corrected chi connectivity index (χ0v) is 13.0. The van der Waals surface area contributed by atoms with Crippen molar-refractivity contribution in [2.75, 3.05) is 13.1 Å². The van der Waals surface area contributed by atoms with Crippen LogP contribution in [0.5, 0.6) is 5.75 Å². The summed E-state index contributed by atoms with van der Waals surface area (Å²) in [5.41, 5.74) is 0. The summed E-state index contributed by atoms with van der Waals surface area (Å²) in [6.45, 7) is 5.77. The fourth-order valence-corrected chi connectivity index (χ4v) is 2.52. The maximum absolute atomic E-state index is 12.3. The summed E-state index contributed by atoms with van der Waals surface area (Å²) in [6.07, 6.45) is 1.77. The van der Waals surface area contributed by atoms with Crippen LogP contribution >= 0.6 is 15.9 Å². The largest absolute Gasteiger partial charge is 0.481 e. The molecule has 4 heteroatoms. The highest BCUT2D eigenvalue weighted by atomic mass is 79.9. The summed E-state index contributed by atoms with van der Waals surface area (Å²) in [5.74, 6) is 1.55. The average Bonchev–Trinajstić information content (AvgIpc) is 2.41. The monoisotopic (exact) mass is 325 g/mol. The third-order valence-electron chi connectivity index (χ3n) is 3.57. The number of ether oxygens (including phenoxy) is 1. The molecule has 0 spiro atoms. The second kappa shape index (κ2) is 6.42. The molecule has 1 aliphatic rings. The van der Waals surface area contributed by atoms with E-state index in [1.54, 1.807) is 0 Å². The van der Waals surface area contributed by atoms with E-state index in [-0.39, 0.29) is 5.91 Å². The van der Waals surface area contributed by atoms with Crippen molar-refractivity contribution in [2.24, 2.45) is 5.92 Å². The van der Waals surface area contributed by atoms with Crippen molar-refractivity contribution in [1.29, 1.82) is 0 Å². The van der Waals surface area contributed by atoms with E-state index in [9.17, 15) is 4.79 Å². The minimum absolute atomic E-state index is 0.0924. The molecule has 2 rings (SSSR count). The first-order chi connectivity index (χ1) is 9.06. The Bertz CT molecular complexity index is 424. The summed E-state index contributed by atoms with van der Waals surface area (Å²) in [6, 6.07) is 7.56. The van der Waals surface area contributed by atoms with E-state index >= 15 is 0 Å². The third kappa shape index (κ3) is 3.96. The van der Waals surface area contributed by atoms with Crippen LogP contribution in [0, 0.1) is 5.92 Å². The minimum Gasteiger partial charge on any atom is -0.481 e. The number of nitrogens with zero attached hydrogens (tertiary/aromatic N) is 1. The summed E-state index contributed by atoms with van der Waals surface area (Å²) in [5, 5.41) is 0. The predicted octanol–water partition coefficient (Wildman–Crippen LogP) is 3.47. The van der Waals surface area contributed by atoms with Gasteiger partial charge in [0.25, 0.3) is 5.91 Å². The van der Waals surface area contributed by atoms with E-state index in [0.29, 0.717) is 0 Å². The SMILES string of the molecule is CC1CCN(C(=O)[C@H](C)Oc2ccc(Br)cc2)CC1. The first-order valence-corrected chi connectivity index (χ1v) is 7.56. The zero-order chi connectivity index (χ0) is 13.8. The Balaban J connectivity index is 1.90. The van der Waals surface area contributed by atoms with E-state index in [0.717, 1.165) is 42.1 Å². The Morgan fingerprint density at radius 2 is 1.89 bits per heavy atom. The average molecular weight is 326 g/mol. The fraction of sp³-hybridized carbons (Fsp3) is 0.533. The van der Waals surface area contributed by atoms with Gasteiger partial charge in [-0.1, -0.05) is 22.9 Å². The third-order valence-corrected chi connectivity index (χ3v) is 4.10. The van der Waals surface area contributed by atoms with Crippen LogP contribution in [0.2, 0.25) is 0 Å². The van der Waals surface area contributed by atoms with Gasteiger partial charge in [0.2, 0.25) is 0 Å². The minimum atomic E-state index is -0.422. The Morgan fingerprint density at radius 1 is 1.32 bits per heavy atom. The van der Waals surface area contributed by atoms with Crippen LogP contribution in [0.3, 0.4) is 0 Å². The van der Waals surface area contributed by atoms with Gasteiger partial charge in [-0.2, -0.15) is 0 Å². The smallest absolute Gasteiger partial charge is 0.263 e. The topological polar surface area (TPSA) is 29.5 Å². The first-order valence-electron chi connectivity index (χ1n) is 6.77. The lowest BCUT2D eigenvalue weighted by molar-refractivity contribution is -0.139. The molecule has 0 N–H and O–H groups in total. The molecule has 1 amide bonds. The molecule has 104 valence electrons. The molecule has 19 heavy (non-hydrogen) atoms. The molecule has 1 aromatic rings. The van der Waals surface area contributed by atoms with Gasteiger partial charge in [-0.15, -0.1) is 0 Å². The molecule has 0 unspecified atom stereocenters. The molecular formula is C15H20BrNO2. The number of benzene rings is 1. The van der Waals surface area contributed by atoms with Gasteiger partial charge in [0.05, 0.1) is 0 Å². The first kappa shape index (κ1) is 14.4. The van der Waals surface area contributed by atoms with Crippen molar-refractivity contribution in [3.8, 4) is 5.75 Å². The highest BCUT2D eigenvalue weighted by Crippen LogP contribution is 2.20. The molecule has 1 aliphatic heterocycles. The molecule has 1 atom stereocenters. The molecule has 3 nitrogen and oxygen atoms in total. The predicted molar refractivity (Wildman–Crippen MR) is 79.2 cm³/mol. The summed E-state index contributed by atoms with van der Waals surface area (Å²) in [7, 11) is 0. The Kier molecular flexibility index (Phi) is 4.86. The molecule has 1 fully saturated rings. The van der Waals surface area contributed by atoms with Crippen LogP contribution in [-0.4, -0.2) is 30.0 Å². The maximum Gasteiger partial charge on any atom is 0.263 e. The molecule has 0 saturated carbocycles. The number of hydrogen-bond acceptors (Lipinski definition) is 2. The molecular weight excluding hydrogens is 306 g/mol. The molecule has 1 aromatic carbocycles. The van der Waals surface area contributed by atoms with E-state index in [2.05, 4.69) is 22.9 Å². The van der Waals surface area contributed by atoms with Gasteiger partial charge in [0.15, 0.2) is 6.10 Å². The lowest BCUT2D eigenvalue weighted by atomic mass is 9.99. The van der Waals surface area contributed by atoms with Crippen molar-refractivity contribution in [1.82, 2.24) is 4.90 Å². The second-order valence-corrected chi connectivity index (χ2v) is 6.14. The quantitative estimate of drug-likeness (QED) is 0.851. The van der Waals surface area contributed by atoms with Crippen molar-refractivity contribution >= 4 is 21.8 Å². The van der Waals surface area contributed by atoms with E-state index < -0.39 is 6.10 Å². The Morgan fingerprint density at radius 3 is 2.47 bits per heavy atom. The van der Waals surface area contributed by atoms with E-state index in [1.165, 1.54) is 0 Å². The highest BCUT2D eigenvalue weighted by molar-refractivity contribution is 9.10. The zero-order valence-electron chi connectivity index (χ0n) is 11.4. The number of piperidine rings is 1. The Hall–Kier alpha value is -1.03. The van der Waals surface area contributed by atoms with Gasteiger partial charge >= 0.3 is 0 Å². The van der Waals surface area contributed by atoms with Crippen molar-refractivity contribution in [3.05, 3.63) is 28.7 Å². The molecule has 0 bridgehead atoms. The maximum atomic E-state index is 12.3. The number of amides is 1. The van der Waals surface area contributed by atoms with Crippen molar-refractivity contribution in [3.63, 3.8) is 0 Å². The molecule has 1 saturated heterocycles. The van der Waals surface area contributed by atoms with Gasteiger partial charge in [-0.3, -0.25) is 4.79 Å². The van der Waals surface area contributed by atoms with Gasteiger partial charge < -0.3 is 9.64 Å². The number of rotatable bonds is 3. The number of likely N-dealkylation sites (tertiary alicyclic amines) is 1. The van der Waals surface area contributed by atoms with Gasteiger partial charge in [0, 0.05) is 17.6 Å². The van der Waals surface area contributed by atoms with E-state index in [1.807, 2.05) is 36.1 Å². The van der Waals surface area contributed by atoms with Gasteiger partial charge in [0.1, 0.15) is 5.75 Å². The van der Waals surface area contributed by atoms with Crippen LogP contribution in [0.25, 0.3) is 0 Å². The molecule has 0 aliphatic carbocycles. The lowest BCUT2D eigenvalue weighted by Gasteiger charge is -2.32. The van der Waals surface area contributed by atoms with Crippen LogP contribution in [0.4, 0.5) is 0 Å². The van der Waals surface area contributed by atoms with Crippen LogP contribution < -0.4 is 4.74 Å². The fourth-order valence-electron chi connectivity index (χ4n) is 2.25. The Labute approximate surface area is 123 Å². The normalized spacial score (nSPS) is 18.2. The van der Waals surface area contributed by atoms with Crippen LogP contribution in [0.1, 0.15) is 26.7 Å².